The van der Waals surface area contributed by atoms with Crippen molar-refractivity contribution in [1.29, 1.82) is 0 Å². The molecule has 3 aromatic rings. The highest BCUT2D eigenvalue weighted by molar-refractivity contribution is 6.22. The Hall–Kier alpha value is -5.94. The van der Waals surface area contributed by atoms with Gasteiger partial charge in [0.15, 0.2) is 5.75 Å². The van der Waals surface area contributed by atoms with E-state index < -0.39 is 101 Å². The summed E-state index contributed by atoms with van der Waals surface area (Å²) in [5.74, 6) is -9.48. The number of phenolic OH excluding ortho intramolecular Hbond substituents is 3. The molecule has 0 fully saturated rings. The van der Waals surface area contributed by atoms with Crippen LogP contribution in [-0.2, 0) is 46.3 Å². The smallest absolute Gasteiger partial charge is 0.323 e. The predicted molar refractivity (Wildman–Crippen MR) is 241 cm³/mol. The minimum absolute atomic E-state index is 0.0117. The average molecular weight is 903 g/mol. The van der Waals surface area contributed by atoms with Gasteiger partial charge in [-0.15, -0.1) is 0 Å². The van der Waals surface area contributed by atoms with Crippen molar-refractivity contribution in [1.82, 2.24) is 5.32 Å². The molecule has 352 valence electrons. The number of allylic oxidation sites excluding steroid dienone is 2. The maximum atomic E-state index is 14.6. The summed E-state index contributed by atoms with van der Waals surface area (Å²) in [6.45, 7) is 13.7. The van der Waals surface area contributed by atoms with Gasteiger partial charge in [0, 0.05) is 73.3 Å². The largest absolute Gasteiger partial charge is 0.507 e. The highest BCUT2D eigenvalue weighted by Crippen LogP contribution is 2.55. The van der Waals surface area contributed by atoms with Crippen LogP contribution < -0.4 is 15.4 Å². The second kappa shape index (κ2) is 20.9. The summed E-state index contributed by atoms with van der Waals surface area (Å²) in [5.41, 5.74) is 0.216. The van der Waals surface area contributed by atoms with Gasteiger partial charge >= 0.3 is 17.7 Å². The highest BCUT2D eigenvalue weighted by Gasteiger charge is 2.50. The maximum absolute atomic E-state index is 14.6. The molecule has 0 aliphatic carbocycles. The highest BCUT2D eigenvalue weighted by atomic mass is 16.7. The summed E-state index contributed by atoms with van der Waals surface area (Å²) >= 11 is 0. The topological polar surface area (TPSA) is 240 Å². The van der Waals surface area contributed by atoms with Crippen LogP contribution in [0.25, 0.3) is 10.8 Å². The summed E-state index contributed by atoms with van der Waals surface area (Å²) < 4.78 is 29.0. The Bertz CT molecular complexity index is 2360. The summed E-state index contributed by atoms with van der Waals surface area (Å²) in [6, 6.07) is 8.13. The molecule has 10 atom stereocenters. The molecule has 16 heteroatoms. The predicted octanol–water partition coefficient (Wildman–Crippen LogP) is 6.02. The number of nitrogens with one attached hydrogen (secondary N) is 2. The zero-order valence-corrected chi connectivity index (χ0v) is 38.5. The summed E-state index contributed by atoms with van der Waals surface area (Å²) in [6.07, 6.45) is 3.49. The van der Waals surface area contributed by atoms with Crippen LogP contribution in [0, 0.1) is 30.6 Å². The fourth-order valence-corrected chi connectivity index (χ4v) is 8.52. The Morgan fingerprint density at radius 2 is 1.60 bits per heavy atom. The van der Waals surface area contributed by atoms with Crippen LogP contribution >= 0.6 is 0 Å². The first-order valence-electron chi connectivity index (χ1n) is 21.7. The van der Waals surface area contributed by atoms with E-state index in [0.717, 1.165) is 5.56 Å². The Balaban J connectivity index is 1.71. The average Bonchev–Trinajstić information content (AvgIpc) is 3.54. The third-order valence-electron chi connectivity index (χ3n) is 12.5. The molecule has 5 bridgehead atoms. The molecule has 3 aromatic carbocycles. The van der Waals surface area contributed by atoms with E-state index in [1.807, 2.05) is 30.3 Å². The minimum Gasteiger partial charge on any atom is -0.507 e. The molecule has 3 aliphatic rings. The van der Waals surface area contributed by atoms with Crippen LogP contribution in [0.1, 0.15) is 82.4 Å². The van der Waals surface area contributed by atoms with E-state index in [1.54, 1.807) is 46.8 Å². The van der Waals surface area contributed by atoms with E-state index in [1.165, 1.54) is 53.2 Å². The van der Waals surface area contributed by atoms with E-state index in [-0.39, 0.29) is 64.0 Å². The number of carbonyl (C=O) groups is 4. The number of rotatable bonds is 9. The van der Waals surface area contributed by atoms with Gasteiger partial charge in [-0.2, -0.15) is 0 Å². The fraction of sp³-hybridized carbons (Fsp3) is 0.469. The lowest BCUT2D eigenvalue weighted by Gasteiger charge is -2.38. The van der Waals surface area contributed by atoms with Crippen LogP contribution in [0.15, 0.2) is 66.5 Å². The number of Topliss-reactive ketones (excluding diaryl/α,β-unsaturated/α-hetero) is 1. The quantitative estimate of drug-likeness (QED) is 0.0739. The number of methoxy groups -OCH3 is 1. The number of carbonyl (C=O) groups excluding carboxylic acids is 4. The van der Waals surface area contributed by atoms with Crippen molar-refractivity contribution in [2.75, 3.05) is 19.0 Å². The summed E-state index contributed by atoms with van der Waals surface area (Å²) in [5, 5.41) is 64.2. The van der Waals surface area contributed by atoms with Gasteiger partial charge in [-0.25, -0.2) is 0 Å². The Morgan fingerprint density at radius 3 is 2.23 bits per heavy atom. The van der Waals surface area contributed by atoms with Crippen molar-refractivity contribution >= 4 is 40.1 Å². The van der Waals surface area contributed by atoms with Crippen LogP contribution in [0.5, 0.6) is 23.0 Å². The van der Waals surface area contributed by atoms with Gasteiger partial charge in [0.2, 0.25) is 0 Å². The molecule has 16 nitrogen and oxygen atoms in total. The molecular formula is C49H62N2O14. The summed E-state index contributed by atoms with van der Waals surface area (Å²) in [4.78, 5) is 54.2. The van der Waals surface area contributed by atoms with E-state index >= 15 is 0 Å². The second-order valence-corrected chi connectivity index (χ2v) is 17.1. The summed E-state index contributed by atoms with van der Waals surface area (Å²) in [7, 11) is 1.42. The first kappa shape index (κ1) is 50.1. The number of anilines is 1. The number of ether oxygens (including phenoxy) is 5. The van der Waals surface area contributed by atoms with Gasteiger partial charge in [-0.1, -0.05) is 76.3 Å². The fourth-order valence-electron chi connectivity index (χ4n) is 8.52. The van der Waals surface area contributed by atoms with Crippen LogP contribution in [0.2, 0.25) is 0 Å². The van der Waals surface area contributed by atoms with E-state index in [4.69, 9.17) is 23.7 Å². The molecule has 0 aromatic heterocycles. The van der Waals surface area contributed by atoms with Crippen molar-refractivity contribution in [2.45, 2.75) is 112 Å². The molecule has 3 heterocycles. The van der Waals surface area contributed by atoms with Crippen molar-refractivity contribution in [2.24, 2.45) is 23.7 Å². The van der Waals surface area contributed by atoms with Crippen LogP contribution in [0.4, 0.5) is 5.69 Å². The lowest BCUT2D eigenvalue weighted by molar-refractivity contribution is -0.160. The Labute approximate surface area is 378 Å². The zero-order valence-electron chi connectivity index (χ0n) is 38.5. The van der Waals surface area contributed by atoms with E-state index in [2.05, 4.69) is 10.6 Å². The molecule has 0 saturated heterocycles. The zero-order chi connectivity index (χ0) is 48.1. The number of aromatic hydroxyl groups is 3. The first-order chi connectivity index (χ1) is 30.7. The number of hydrogen-bond acceptors (Lipinski definition) is 15. The second-order valence-electron chi connectivity index (χ2n) is 17.1. The standard InChI is InChI=1S/C49H62N2O14/c1-11-62-48(60)33(22-31-18-13-12-14-19-31)50-23-32-38-43(57)36-35(42(32)56)37-45(29(7)41(36)55)65-49(9,46(37)58)63-21-20-34(61-10)26(4)44(64-30(8)52)28(6)40(54)27(5)39(53)24(2)16-15-17-25(3)47(59)51-38/h12-21,24,26-28,33-34,39-40,44,50,53-57H,11,22-23H2,1-10H3,(H,51,59)/b16-15+,21-20+,25-17-/t24-,26+,27+,28+,33-,34-,39-,40+,44+,49-/m0/s1. The van der Waals surface area contributed by atoms with Crippen molar-refractivity contribution in [3.05, 3.63) is 88.7 Å². The molecule has 3 aliphatic heterocycles. The minimum atomic E-state index is -2.10. The molecule has 0 saturated carbocycles. The van der Waals surface area contributed by atoms with Crippen molar-refractivity contribution in [3.8, 4) is 23.0 Å². The van der Waals surface area contributed by atoms with Crippen molar-refractivity contribution < 1.29 is 68.4 Å². The Kier molecular flexibility index (Phi) is 16.1. The molecule has 7 N–H and O–H groups in total. The molecule has 1 amide bonds. The first-order valence-corrected chi connectivity index (χ1v) is 21.7. The molecule has 0 spiro atoms. The van der Waals surface area contributed by atoms with Crippen LogP contribution in [-0.4, -0.2) is 99.1 Å². The Morgan fingerprint density at radius 1 is 0.923 bits per heavy atom. The number of esters is 2. The van der Waals surface area contributed by atoms with E-state index in [9.17, 15) is 44.7 Å². The molecule has 0 radical (unpaired) electrons. The van der Waals surface area contributed by atoms with Gasteiger partial charge in [0.25, 0.3) is 11.7 Å². The number of aliphatic hydroxyl groups is 2. The third-order valence-corrected chi connectivity index (χ3v) is 12.5. The monoisotopic (exact) mass is 902 g/mol. The number of ketones is 1. The van der Waals surface area contributed by atoms with Gasteiger partial charge in [0.1, 0.15) is 29.4 Å². The molecule has 65 heavy (non-hydrogen) atoms. The number of hydrogen-bond donors (Lipinski definition) is 7. The molecular weight excluding hydrogens is 841 g/mol. The van der Waals surface area contributed by atoms with Crippen LogP contribution in [0.3, 0.4) is 0 Å². The maximum Gasteiger partial charge on any atom is 0.323 e. The number of amides is 1. The SMILES string of the molecule is CCOC(=O)[C@H](Cc1ccccc1)NCc1c2c(O)c3c(O)c(C)c4c(c3c1O)C(=O)[C@@](C)(O/C=C/[C@H](OC)[C@@H](C)[C@@H](OC(C)=O)[C@H](C)[C@H](O)[C@H](C)[C@@H](O)[C@@H](C)/C=C/C=C(/C)C(=O)N2)O4. The normalized spacial score (nSPS) is 28.6. The number of phenols is 3. The lowest BCUT2D eigenvalue weighted by Crippen LogP contribution is -2.46. The third kappa shape index (κ3) is 10.5. The lowest BCUT2D eigenvalue weighted by atomic mass is 9.78. The number of aliphatic hydroxyl groups excluding tert-OH is 2. The number of benzene rings is 3. The van der Waals surface area contributed by atoms with Gasteiger partial charge in [-0.3, -0.25) is 24.5 Å². The molecule has 6 rings (SSSR count). The van der Waals surface area contributed by atoms with E-state index in [0.29, 0.717) is 0 Å². The molecule has 0 unspecified atom stereocenters. The number of fused-ring (bicyclic) bond motifs is 14. The van der Waals surface area contributed by atoms with Gasteiger partial charge < -0.3 is 54.5 Å². The van der Waals surface area contributed by atoms with Gasteiger partial charge in [-0.05, 0) is 38.8 Å². The van der Waals surface area contributed by atoms with Gasteiger partial charge in [0.05, 0.1) is 47.8 Å². The van der Waals surface area contributed by atoms with Crippen molar-refractivity contribution in [3.63, 3.8) is 0 Å².